The molecule has 3 heterocycles. The molecule has 1 fully saturated rings. The normalized spacial score (nSPS) is 19.7. The third kappa shape index (κ3) is 1.85. The molecule has 0 aliphatic carbocycles. The Labute approximate surface area is 101 Å². The van der Waals surface area contributed by atoms with Gasteiger partial charge in [-0.15, -0.1) is 0 Å². The summed E-state index contributed by atoms with van der Waals surface area (Å²) in [7, 11) is 2.08. The van der Waals surface area contributed by atoms with E-state index in [2.05, 4.69) is 26.9 Å². The van der Waals surface area contributed by atoms with Gasteiger partial charge in [-0.05, 0) is 31.5 Å². The molecule has 88 valence electrons. The first-order chi connectivity index (χ1) is 8.36. The summed E-state index contributed by atoms with van der Waals surface area (Å²) in [6.07, 6.45) is 8.00. The molecule has 0 spiro atoms. The van der Waals surface area contributed by atoms with Crippen molar-refractivity contribution in [3.63, 3.8) is 0 Å². The van der Waals surface area contributed by atoms with Crippen LogP contribution < -0.4 is 5.32 Å². The predicted octanol–water partition coefficient (Wildman–Crippen LogP) is 1.91. The van der Waals surface area contributed by atoms with Crippen molar-refractivity contribution in [2.75, 3.05) is 6.54 Å². The van der Waals surface area contributed by atoms with Gasteiger partial charge in [0.25, 0.3) is 0 Å². The van der Waals surface area contributed by atoms with Crippen LogP contribution >= 0.6 is 0 Å². The summed E-state index contributed by atoms with van der Waals surface area (Å²) in [4.78, 5) is 8.60. The topological polar surface area (TPSA) is 42.7 Å². The molecule has 4 nitrogen and oxygen atoms in total. The fourth-order valence-electron chi connectivity index (χ4n) is 2.44. The van der Waals surface area contributed by atoms with Crippen LogP contribution in [0.2, 0.25) is 0 Å². The van der Waals surface area contributed by atoms with Gasteiger partial charge in [-0.25, -0.2) is 4.98 Å². The van der Waals surface area contributed by atoms with Crippen molar-refractivity contribution in [3.05, 3.63) is 36.5 Å². The van der Waals surface area contributed by atoms with Gasteiger partial charge in [0.15, 0.2) is 0 Å². The smallest absolute Gasteiger partial charge is 0.126 e. The number of rotatable bonds is 2. The van der Waals surface area contributed by atoms with Crippen LogP contribution in [0.5, 0.6) is 0 Å². The summed E-state index contributed by atoms with van der Waals surface area (Å²) in [5.41, 5.74) is 2.32. The zero-order valence-corrected chi connectivity index (χ0v) is 9.93. The molecule has 2 aromatic heterocycles. The molecule has 0 bridgehead atoms. The van der Waals surface area contributed by atoms with Crippen molar-refractivity contribution >= 4 is 0 Å². The summed E-state index contributed by atoms with van der Waals surface area (Å²) in [6.45, 7) is 1.10. The first kappa shape index (κ1) is 10.5. The number of pyridine rings is 1. The van der Waals surface area contributed by atoms with Crippen molar-refractivity contribution in [2.24, 2.45) is 7.05 Å². The van der Waals surface area contributed by atoms with E-state index in [0.29, 0.717) is 6.04 Å². The quantitative estimate of drug-likeness (QED) is 0.853. The standard InChI is InChI=1S/C13H16N4/c1-17-12(10-4-7-14-8-5-10)9-16-13(17)11-3-2-6-15-11/h4-5,7-9,11,15H,2-3,6H2,1H3. The van der Waals surface area contributed by atoms with Gasteiger partial charge >= 0.3 is 0 Å². The molecule has 0 radical (unpaired) electrons. The van der Waals surface area contributed by atoms with E-state index < -0.39 is 0 Å². The number of nitrogens with zero attached hydrogens (tertiary/aromatic N) is 3. The van der Waals surface area contributed by atoms with Gasteiger partial charge in [-0.3, -0.25) is 4.98 Å². The molecule has 1 unspecified atom stereocenters. The highest BCUT2D eigenvalue weighted by Gasteiger charge is 2.21. The van der Waals surface area contributed by atoms with Crippen LogP contribution in [0.25, 0.3) is 11.3 Å². The summed E-state index contributed by atoms with van der Waals surface area (Å²) < 4.78 is 2.18. The minimum Gasteiger partial charge on any atom is -0.330 e. The largest absolute Gasteiger partial charge is 0.330 e. The van der Waals surface area contributed by atoms with Gasteiger partial charge in [0.2, 0.25) is 0 Å². The lowest BCUT2D eigenvalue weighted by Crippen LogP contribution is -2.17. The number of hydrogen-bond acceptors (Lipinski definition) is 3. The highest BCUT2D eigenvalue weighted by molar-refractivity contribution is 5.58. The zero-order valence-electron chi connectivity index (χ0n) is 9.93. The molecule has 1 atom stereocenters. The van der Waals surface area contributed by atoms with Crippen molar-refractivity contribution in [2.45, 2.75) is 18.9 Å². The minimum absolute atomic E-state index is 0.413. The maximum Gasteiger partial charge on any atom is 0.126 e. The predicted molar refractivity (Wildman–Crippen MR) is 66.4 cm³/mol. The van der Waals surface area contributed by atoms with Crippen LogP contribution in [0.1, 0.15) is 24.7 Å². The molecule has 3 rings (SSSR count). The van der Waals surface area contributed by atoms with E-state index in [1.54, 1.807) is 0 Å². The second-order valence-corrected chi connectivity index (χ2v) is 4.45. The van der Waals surface area contributed by atoms with Gasteiger partial charge in [0.1, 0.15) is 5.82 Å². The lowest BCUT2D eigenvalue weighted by atomic mass is 10.2. The zero-order chi connectivity index (χ0) is 11.7. The molecule has 1 saturated heterocycles. The van der Waals surface area contributed by atoms with Gasteiger partial charge in [0.05, 0.1) is 17.9 Å². The first-order valence-electron chi connectivity index (χ1n) is 6.01. The molecular formula is C13H16N4. The van der Waals surface area contributed by atoms with Crippen LogP contribution in [0.15, 0.2) is 30.7 Å². The first-order valence-corrected chi connectivity index (χ1v) is 6.01. The van der Waals surface area contributed by atoms with Gasteiger partial charge in [0, 0.05) is 25.0 Å². The van der Waals surface area contributed by atoms with Gasteiger partial charge in [-0.1, -0.05) is 0 Å². The van der Waals surface area contributed by atoms with Crippen LogP contribution in [0, 0.1) is 0 Å². The summed E-state index contributed by atoms with van der Waals surface area (Å²) in [5, 5.41) is 3.48. The molecule has 2 aromatic rings. The molecule has 1 N–H and O–H groups in total. The Kier molecular flexibility index (Phi) is 2.65. The van der Waals surface area contributed by atoms with Crippen molar-refractivity contribution in [1.29, 1.82) is 0 Å². The van der Waals surface area contributed by atoms with Crippen LogP contribution in [0.3, 0.4) is 0 Å². The number of nitrogens with one attached hydrogen (secondary N) is 1. The third-order valence-corrected chi connectivity index (χ3v) is 3.37. The average Bonchev–Trinajstić information content (AvgIpc) is 2.99. The van der Waals surface area contributed by atoms with E-state index in [-0.39, 0.29) is 0 Å². The Morgan fingerprint density at radius 2 is 2.18 bits per heavy atom. The van der Waals surface area contributed by atoms with Crippen molar-refractivity contribution < 1.29 is 0 Å². The van der Waals surface area contributed by atoms with E-state index in [9.17, 15) is 0 Å². The molecule has 1 aliphatic heterocycles. The van der Waals surface area contributed by atoms with Crippen LogP contribution in [-0.4, -0.2) is 21.1 Å². The molecule has 1 aliphatic rings. The molecule has 4 heteroatoms. The summed E-state index contributed by atoms with van der Waals surface area (Å²) in [5.74, 6) is 1.13. The van der Waals surface area contributed by atoms with Crippen molar-refractivity contribution in [1.82, 2.24) is 19.9 Å². The Balaban J connectivity index is 1.97. The van der Waals surface area contributed by atoms with Crippen LogP contribution in [0.4, 0.5) is 0 Å². The lowest BCUT2D eigenvalue weighted by molar-refractivity contribution is 0.581. The van der Waals surface area contributed by atoms with Crippen molar-refractivity contribution in [3.8, 4) is 11.3 Å². The number of hydrogen-bond donors (Lipinski definition) is 1. The van der Waals surface area contributed by atoms with Crippen LogP contribution in [-0.2, 0) is 7.05 Å². The summed E-state index contributed by atoms with van der Waals surface area (Å²) >= 11 is 0. The Hall–Kier alpha value is -1.68. The Morgan fingerprint density at radius 3 is 2.88 bits per heavy atom. The minimum atomic E-state index is 0.413. The highest BCUT2D eigenvalue weighted by Crippen LogP contribution is 2.26. The van der Waals surface area contributed by atoms with E-state index >= 15 is 0 Å². The summed E-state index contributed by atoms with van der Waals surface area (Å²) in [6, 6.07) is 4.45. The number of aromatic nitrogens is 3. The van der Waals surface area contributed by atoms with E-state index in [0.717, 1.165) is 18.1 Å². The van der Waals surface area contributed by atoms with E-state index in [1.165, 1.54) is 18.4 Å². The SMILES string of the molecule is Cn1c(-c2ccncc2)cnc1C1CCCN1. The molecular weight excluding hydrogens is 212 g/mol. The maximum absolute atomic E-state index is 4.55. The Bertz CT molecular complexity index is 497. The van der Waals surface area contributed by atoms with Gasteiger partial charge in [-0.2, -0.15) is 0 Å². The van der Waals surface area contributed by atoms with E-state index in [4.69, 9.17) is 0 Å². The molecule has 0 saturated carbocycles. The molecule has 17 heavy (non-hydrogen) atoms. The second-order valence-electron chi connectivity index (χ2n) is 4.45. The molecule has 0 aromatic carbocycles. The second kappa shape index (κ2) is 4.30. The van der Waals surface area contributed by atoms with Gasteiger partial charge < -0.3 is 9.88 Å². The maximum atomic E-state index is 4.55. The molecule has 0 amide bonds. The monoisotopic (exact) mass is 228 g/mol. The van der Waals surface area contributed by atoms with E-state index in [1.807, 2.05) is 30.7 Å². The lowest BCUT2D eigenvalue weighted by Gasteiger charge is -2.11. The average molecular weight is 228 g/mol. The fraction of sp³-hybridized carbons (Fsp3) is 0.385. The third-order valence-electron chi connectivity index (χ3n) is 3.37. The Morgan fingerprint density at radius 1 is 1.35 bits per heavy atom. The highest BCUT2D eigenvalue weighted by atomic mass is 15.1. The fourth-order valence-corrected chi connectivity index (χ4v) is 2.44. The number of imidazole rings is 1.